The fourth-order valence-corrected chi connectivity index (χ4v) is 5.14. The van der Waals surface area contributed by atoms with E-state index >= 15 is 0 Å². The molecule has 0 aromatic heterocycles. The van der Waals surface area contributed by atoms with E-state index in [4.69, 9.17) is 15.2 Å². The van der Waals surface area contributed by atoms with E-state index in [9.17, 15) is 18.3 Å². The molecule has 9 heteroatoms. The van der Waals surface area contributed by atoms with E-state index in [2.05, 4.69) is 5.32 Å². The van der Waals surface area contributed by atoms with Crippen molar-refractivity contribution >= 4 is 15.8 Å². The van der Waals surface area contributed by atoms with Crippen LogP contribution in [0.1, 0.15) is 17.5 Å². The Labute approximate surface area is 218 Å². The van der Waals surface area contributed by atoms with Gasteiger partial charge in [0, 0.05) is 19.1 Å². The molecule has 0 saturated heterocycles. The average molecular weight is 527 g/mol. The lowest BCUT2D eigenvalue weighted by atomic mass is 10.0. The zero-order valence-corrected chi connectivity index (χ0v) is 21.6. The normalized spacial score (nSPS) is 13.9. The molecule has 3 aromatic carbocycles. The lowest BCUT2D eigenvalue weighted by Gasteiger charge is -2.26. The number of sulfone groups is 1. The second kappa shape index (κ2) is 13.9. The summed E-state index contributed by atoms with van der Waals surface area (Å²) in [7, 11) is -2.04. The second-order valence-electron chi connectivity index (χ2n) is 8.75. The van der Waals surface area contributed by atoms with Crippen molar-refractivity contribution in [2.45, 2.75) is 42.5 Å². The van der Waals surface area contributed by atoms with Gasteiger partial charge in [-0.05, 0) is 48.2 Å². The number of methoxy groups -OCH3 is 1. The molecule has 0 aliphatic rings. The smallest absolute Gasteiger partial charge is 0.335 e. The summed E-state index contributed by atoms with van der Waals surface area (Å²) in [6.45, 7) is 0.729. The number of nitrogens with two attached hydrogens (primary N) is 1. The van der Waals surface area contributed by atoms with E-state index < -0.39 is 34.1 Å². The van der Waals surface area contributed by atoms with Crippen LogP contribution >= 0.6 is 0 Å². The number of rotatable bonds is 14. The van der Waals surface area contributed by atoms with Gasteiger partial charge in [0.1, 0.15) is 11.9 Å². The number of carbonyl (C=O) groups is 1. The van der Waals surface area contributed by atoms with Crippen molar-refractivity contribution in [1.82, 2.24) is 5.32 Å². The van der Waals surface area contributed by atoms with Gasteiger partial charge < -0.3 is 25.6 Å². The molecule has 1 unspecified atom stereocenters. The van der Waals surface area contributed by atoms with E-state index in [1.165, 1.54) is 12.1 Å². The van der Waals surface area contributed by atoms with Crippen LogP contribution in [-0.4, -0.2) is 57.2 Å². The Balaban J connectivity index is 1.61. The summed E-state index contributed by atoms with van der Waals surface area (Å²) in [6.07, 6.45) is -2.17. The van der Waals surface area contributed by atoms with Gasteiger partial charge in [0.15, 0.2) is 15.9 Å². The van der Waals surface area contributed by atoms with E-state index in [1.54, 1.807) is 25.3 Å². The molecule has 37 heavy (non-hydrogen) atoms. The Morgan fingerprint density at radius 3 is 2.30 bits per heavy atom. The number of carbonyl (C=O) groups excluding carboxylic acids is 1. The predicted molar refractivity (Wildman–Crippen MR) is 142 cm³/mol. The number of esters is 1. The molecule has 0 aliphatic carbocycles. The zero-order valence-electron chi connectivity index (χ0n) is 20.8. The molecule has 3 aromatic rings. The molecular formula is C28H34N2O6S. The quantitative estimate of drug-likeness (QED) is 0.274. The Morgan fingerprint density at radius 1 is 0.973 bits per heavy atom. The fraction of sp³-hybridized carbons (Fsp3) is 0.321. The number of benzene rings is 3. The largest absolute Gasteiger partial charge is 0.497 e. The molecular weight excluding hydrogens is 492 g/mol. The zero-order chi connectivity index (χ0) is 26.7. The Hall–Kier alpha value is -3.24. The molecule has 198 valence electrons. The summed E-state index contributed by atoms with van der Waals surface area (Å²) in [4.78, 5) is 12.9. The number of aliphatic hydroxyl groups excluding tert-OH is 1. The summed E-state index contributed by atoms with van der Waals surface area (Å²) in [5.74, 6) is -0.557. The molecule has 0 amide bonds. The molecule has 0 spiro atoms. The van der Waals surface area contributed by atoms with Crippen LogP contribution in [0.5, 0.6) is 5.75 Å². The van der Waals surface area contributed by atoms with Gasteiger partial charge in [-0.25, -0.2) is 13.2 Å². The maximum absolute atomic E-state index is 12.7. The minimum Gasteiger partial charge on any atom is -0.497 e. The first-order valence-corrected chi connectivity index (χ1v) is 13.7. The third kappa shape index (κ3) is 8.98. The molecule has 0 heterocycles. The molecule has 0 bridgehead atoms. The van der Waals surface area contributed by atoms with Crippen LogP contribution in [0.4, 0.5) is 0 Å². The standard InChI is InChI=1S/C28H34N2O6S/c1-35-23-12-8-11-22(17-23)19-30-20-27(25(29)18-21-9-4-2-5-10-21)36-28(32)26(31)15-16-37(33,34)24-13-6-3-7-14-24/h2-14,17,25-27,30-31H,15-16,18-20,29H2,1H3/t25-,26?,27+/m0/s1. The highest BCUT2D eigenvalue weighted by atomic mass is 32.2. The molecule has 0 radical (unpaired) electrons. The monoisotopic (exact) mass is 526 g/mol. The van der Waals surface area contributed by atoms with Gasteiger partial charge in [-0.3, -0.25) is 0 Å². The third-order valence-electron chi connectivity index (χ3n) is 5.90. The van der Waals surface area contributed by atoms with Crippen molar-refractivity contribution in [1.29, 1.82) is 0 Å². The van der Waals surface area contributed by atoms with E-state index in [-0.39, 0.29) is 23.6 Å². The topological polar surface area (TPSA) is 128 Å². The van der Waals surface area contributed by atoms with Crippen LogP contribution in [0, 0.1) is 0 Å². The van der Waals surface area contributed by atoms with Crippen molar-refractivity contribution in [3.05, 3.63) is 96.1 Å². The first-order chi connectivity index (χ1) is 17.8. The highest BCUT2D eigenvalue weighted by Crippen LogP contribution is 2.15. The fourth-order valence-electron chi connectivity index (χ4n) is 3.80. The minimum absolute atomic E-state index is 0.139. The summed E-state index contributed by atoms with van der Waals surface area (Å²) < 4.78 is 35.9. The minimum atomic E-state index is -3.64. The lowest BCUT2D eigenvalue weighted by Crippen LogP contribution is -2.47. The molecule has 3 atom stereocenters. The van der Waals surface area contributed by atoms with Crippen LogP contribution in [0.3, 0.4) is 0 Å². The van der Waals surface area contributed by atoms with E-state index in [1.807, 2.05) is 54.6 Å². The van der Waals surface area contributed by atoms with Gasteiger partial charge in [-0.2, -0.15) is 0 Å². The number of aliphatic hydroxyl groups is 1. The summed E-state index contributed by atoms with van der Waals surface area (Å²) in [5.41, 5.74) is 8.39. The molecule has 3 rings (SSSR count). The first-order valence-electron chi connectivity index (χ1n) is 12.1. The molecule has 8 nitrogen and oxygen atoms in total. The number of ether oxygens (including phenoxy) is 2. The SMILES string of the molecule is COc1cccc(CNC[C@@H](OC(=O)C(O)CCS(=O)(=O)c2ccccc2)[C@@H](N)Cc2ccccc2)c1. The van der Waals surface area contributed by atoms with Crippen molar-refractivity contribution in [3.63, 3.8) is 0 Å². The first kappa shape index (κ1) is 28.3. The van der Waals surface area contributed by atoms with Gasteiger partial charge in [-0.15, -0.1) is 0 Å². The third-order valence-corrected chi connectivity index (χ3v) is 7.67. The van der Waals surface area contributed by atoms with Gasteiger partial charge in [-0.1, -0.05) is 60.7 Å². The van der Waals surface area contributed by atoms with E-state index in [0.717, 1.165) is 16.9 Å². The lowest BCUT2D eigenvalue weighted by molar-refractivity contribution is -0.160. The predicted octanol–water partition coefficient (Wildman–Crippen LogP) is 2.49. The highest BCUT2D eigenvalue weighted by molar-refractivity contribution is 7.91. The Bertz CT molecular complexity index is 1220. The summed E-state index contributed by atoms with van der Waals surface area (Å²) in [5, 5.41) is 13.6. The van der Waals surface area contributed by atoms with Crippen LogP contribution in [0.15, 0.2) is 89.8 Å². The van der Waals surface area contributed by atoms with Gasteiger partial charge in [0.2, 0.25) is 0 Å². The van der Waals surface area contributed by atoms with Crippen LogP contribution < -0.4 is 15.8 Å². The molecule has 4 N–H and O–H groups in total. The summed E-state index contributed by atoms with van der Waals surface area (Å²) in [6, 6.07) is 24.5. The Kier molecular flexibility index (Phi) is 10.6. The average Bonchev–Trinajstić information content (AvgIpc) is 2.92. The summed E-state index contributed by atoms with van der Waals surface area (Å²) >= 11 is 0. The molecule has 0 fully saturated rings. The molecule has 0 aliphatic heterocycles. The maximum Gasteiger partial charge on any atom is 0.335 e. The van der Waals surface area contributed by atoms with Gasteiger partial charge >= 0.3 is 5.97 Å². The maximum atomic E-state index is 12.7. The van der Waals surface area contributed by atoms with Crippen LogP contribution in [-0.2, 0) is 32.3 Å². The van der Waals surface area contributed by atoms with Crippen molar-refractivity contribution in [2.75, 3.05) is 19.4 Å². The van der Waals surface area contributed by atoms with Gasteiger partial charge in [0.05, 0.1) is 17.8 Å². The Morgan fingerprint density at radius 2 is 1.62 bits per heavy atom. The number of hydrogen-bond acceptors (Lipinski definition) is 8. The number of nitrogens with one attached hydrogen (secondary N) is 1. The van der Waals surface area contributed by atoms with Crippen molar-refractivity contribution in [3.8, 4) is 5.75 Å². The van der Waals surface area contributed by atoms with Gasteiger partial charge in [0.25, 0.3) is 0 Å². The number of hydrogen-bond donors (Lipinski definition) is 3. The molecule has 0 saturated carbocycles. The highest BCUT2D eigenvalue weighted by Gasteiger charge is 2.27. The van der Waals surface area contributed by atoms with Crippen LogP contribution in [0.25, 0.3) is 0 Å². The van der Waals surface area contributed by atoms with Crippen LogP contribution in [0.2, 0.25) is 0 Å². The second-order valence-corrected chi connectivity index (χ2v) is 10.9. The van der Waals surface area contributed by atoms with Crippen molar-refractivity contribution in [2.24, 2.45) is 5.73 Å². The van der Waals surface area contributed by atoms with Crippen molar-refractivity contribution < 1.29 is 27.8 Å². The van der Waals surface area contributed by atoms with E-state index in [0.29, 0.717) is 13.0 Å².